The van der Waals surface area contributed by atoms with Crippen LogP contribution in [0.25, 0.3) is 11.6 Å². The molecule has 0 bridgehead atoms. The molecule has 1 N–H and O–H groups in total. The average Bonchev–Trinajstić information content (AvgIpc) is 2.60. The summed E-state index contributed by atoms with van der Waals surface area (Å²) in [4.78, 5) is 23.3. The van der Waals surface area contributed by atoms with E-state index in [4.69, 9.17) is 0 Å². The molecule has 2 rings (SSSR count). The second-order valence-electron chi connectivity index (χ2n) is 6.28. The number of hydrogen-bond donors (Lipinski definition) is 1. The van der Waals surface area contributed by atoms with Crippen molar-refractivity contribution in [2.24, 2.45) is 5.92 Å². The number of carbonyl (C=O) groups excluding carboxylic acids is 1. The number of benzene rings is 2. The van der Waals surface area contributed by atoms with Gasteiger partial charge in [-0.15, -0.1) is 0 Å². The number of non-ortho nitro benzene ring substituents is 1. The fourth-order valence-electron chi connectivity index (χ4n) is 2.24. The molecule has 0 spiro atoms. The van der Waals surface area contributed by atoms with Crippen molar-refractivity contribution in [2.45, 2.75) is 26.8 Å². The normalized spacial score (nSPS) is 12.7. The van der Waals surface area contributed by atoms with Crippen LogP contribution in [-0.4, -0.2) is 16.9 Å². The summed E-state index contributed by atoms with van der Waals surface area (Å²) in [7, 11) is 0. The van der Waals surface area contributed by atoms with Crippen molar-refractivity contribution in [3.63, 3.8) is 0 Å². The van der Waals surface area contributed by atoms with Crippen molar-refractivity contribution in [1.82, 2.24) is 5.32 Å². The number of rotatable bonds is 6. The molecule has 2 aromatic carbocycles. The Morgan fingerprint density at radius 2 is 1.76 bits per heavy atom. The van der Waals surface area contributed by atoms with Crippen LogP contribution in [0.3, 0.4) is 0 Å². The maximum absolute atomic E-state index is 12.8. The molecule has 1 atom stereocenters. The molecule has 5 heteroatoms. The Labute approximate surface area is 147 Å². The van der Waals surface area contributed by atoms with E-state index in [1.807, 2.05) is 51.1 Å². The average molecular weight is 338 g/mol. The molecule has 0 aliphatic carbocycles. The van der Waals surface area contributed by atoms with Gasteiger partial charge in [-0.3, -0.25) is 14.9 Å². The van der Waals surface area contributed by atoms with Gasteiger partial charge in [-0.05, 0) is 30.0 Å². The molecule has 0 heterocycles. The summed E-state index contributed by atoms with van der Waals surface area (Å²) in [5.41, 5.74) is 1.86. The van der Waals surface area contributed by atoms with Crippen LogP contribution >= 0.6 is 0 Å². The summed E-state index contributed by atoms with van der Waals surface area (Å²) in [6, 6.07) is 15.6. The number of amides is 1. The highest BCUT2D eigenvalue weighted by Crippen LogP contribution is 2.21. The van der Waals surface area contributed by atoms with Gasteiger partial charge in [0.2, 0.25) is 0 Å². The third-order valence-corrected chi connectivity index (χ3v) is 4.08. The molecule has 0 saturated heterocycles. The summed E-state index contributed by atoms with van der Waals surface area (Å²) in [5, 5.41) is 14.0. The van der Waals surface area contributed by atoms with Crippen molar-refractivity contribution in [3.05, 3.63) is 75.8 Å². The molecule has 25 heavy (non-hydrogen) atoms. The van der Waals surface area contributed by atoms with Crippen LogP contribution in [0.5, 0.6) is 0 Å². The van der Waals surface area contributed by atoms with E-state index >= 15 is 0 Å². The van der Waals surface area contributed by atoms with E-state index in [0.717, 1.165) is 5.56 Å². The van der Waals surface area contributed by atoms with Gasteiger partial charge >= 0.3 is 0 Å². The molecule has 1 unspecified atom stereocenters. The number of nitrogens with zero attached hydrogens (tertiary/aromatic N) is 1. The fourth-order valence-corrected chi connectivity index (χ4v) is 2.24. The molecule has 0 saturated carbocycles. The van der Waals surface area contributed by atoms with Gasteiger partial charge in [-0.25, -0.2) is 0 Å². The second kappa shape index (κ2) is 8.24. The van der Waals surface area contributed by atoms with Crippen molar-refractivity contribution in [3.8, 4) is 0 Å². The zero-order valence-corrected chi connectivity index (χ0v) is 14.6. The molecule has 0 aromatic heterocycles. The van der Waals surface area contributed by atoms with Crippen LogP contribution in [0.1, 0.15) is 31.9 Å². The van der Waals surface area contributed by atoms with Gasteiger partial charge in [-0.1, -0.05) is 56.3 Å². The molecule has 0 fully saturated rings. The predicted octanol–water partition coefficient (Wildman–Crippen LogP) is 4.30. The summed E-state index contributed by atoms with van der Waals surface area (Å²) >= 11 is 0. The molecule has 5 nitrogen and oxygen atoms in total. The first kappa shape index (κ1) is 18.4. The lowest BCUT2D eigenvalue weighted by atomic mass is 10.00. The minimum Gasteiger partial charge on any atom is -0.349 e. The highest BCUT2D eigenvalue weighted by Gasteiger charge is 2.17. The van der Waals surface area contributed by atoms with Crippen LogP contribution in [-0.2, 0) is 4.79 Å². The van der Waals surface area contributed by atoms with Gasteiger partial charge in [0.1, 0.15) is 0 Å². The third kappa shape index (κ3) is 5.01. The van der Waals surface area contributed by atoms with Crippen LogP contribution in [0.4, 0.5) is 5.69 Å². The largest absolute Gasteiger partial charge is 0.349 e. The van der Waals surface area contributed by atoms with Crippen molar-refractivity contribution >= 4 is 23.2 Å². The van der Waals surface area contributed by atoms with Crippen molar-refractivity contribution < 1.29 is 9.72 Å². The van der Waals surface area contributed by atoms with Gasteiger partial charge in [0.15, 0.2) is 0 Å². The van der Waals surface area contributed by atoms with Gasteiger partial charge in [0.25, 0.3) is 11.6 Å². The van der Waals surface area contributed by atoms with E-state index < -0.39 is 4.92 Å². The van der Waals surface area contributed by atoms with Crippen LogP contribution in [0.2, 0.25) is 0 Å². The van der Waals surface area contributed by atoms with Gasteiger partial charge in [0, 0.05) is 23.7 Å². The van der Waals surface area contributed by atoms with E-state index in [0.29, 0.717) is 17.1 Å². The second-order valence-corrected chi connectivity index (χ2v) is 6.28. The Kier molecular flexibility index (Phi) is 6.06. The summed E-state index contributed by atoms with van der Waals surface area (Å²) in [5.74, 6) is 0.109. The smallest absolute Gasteiger partial charge is 0.270 e. The van der Waals surface area contributed by atoms with Gasteiger partial charge in [0.05, 0.1) is 4.92 Å². The van der Waals surface area contributed by atoms with E-state index in [9.17, 15) is 14.9 Å². The Morgan fingerprint density at radius 3 is 2.36 bits per heavy atom. The van der Waals surface area contributed by atoms with Crippen LogP contribution in [0.15, 0.2) is 54.6 Å². The Hall–Kier alpha value is -2.95. The quantitative estimate of drug-likeness (QED) is 0.369. The fraction of sp³-hybridized carbons (Fsp3) is 0.250. The van der Waals surface area contributed by atoms with E-state index in [1.165, 1.54) is 12.1 Å². The molecule has 0 aliphatic heterocycles. The van der Waals surface area contributed by atoms with E-state index in [1.54, 1.807) is 18.2 Å². The third-order valence-electron chi connectivity index (χ3n) is 4.08. The number of carbonyl (C=O) groups is 1. The number of nitro groups is 1. The van der Waals surface area contributed by atoms with Crippen LogP contribution < -0.4 is 5.32 Å². The zero-order valence-electron chi connectivity index (χ0n) is 14.6. The molecular formula is C20H22N2O3. The van der Waals surface area contributed by atoms with Crippen molar-refractivity contribution in [1.29, 1.82) is 0 Å². The Morgan fingerprint density at radius 1 is 1.08 bits per heavy atom. The maximum Gasteiger partial charge on any atom is 0.270 e. The maximum atomic E-state index is 12.8. The first-order valence-electron chi connectivity index (χ1n) is 8.21. The standard InChI is InChI=1S/C20H22N2O3/c1-14(2)15(3)21-20(23)19(17-9-5-4-6-10-17)13-16-8-7-11-18(12-16)22(24)25/h4-15H,1-3H3,(H,21,23)/b19-13+. The highest BCUT2D eigenvalue weighted by atomic mass is 16.6. The number of hydrogen-bond acceptors (Lipinski definition) is 3. The van der Waals surface area contributed by atoms with Crippen molar-refractivity contribution in [2.75, 3.05) is 0 Å². The number of nitro benzene ring substituents is 1. The van der Waals surface area contributed by atoms with Gasteiger partial charge in [-0.2, -0.15) is 0 Å². The van der Waals surface area contributed by atoms with Crippen LogP contribution in [0, 0.1) is 16.0 Å². The first-order valence-corrected chi connectivity index (χ1v) is 8.21. The lowest BCUT2D eigenvalue weighted by Crippen LogP contribution is -2.36. The molecule has 130 valence electrons. The molecular weight excluding hydrogens is 316 g/mol. The number of nitrogens with one attached hydrogen (secondary N) is 1. The minimum absolute atomic E-state index is 0.00267. The monoisotopic (exact) mass is 338 g/mol. The lowest BCUT2D eigenvalue weighted by Gasteiger charge is -2.19. The SMILES string of the molecule is CC(C)C(C)NC(=O)/C(=C/c1cccc([N+](=O)[O-])c1)c1ccccc1. The Balaban J connectivity index is 2.43. The molecule has 0 radical (unpaired) electrons. The first-order chi connectivity index (χ1) is 11.9. The summed E-state index contributed by atoms with van der Waals surface area (Å²) in [6.45, 7) is 6.04. The topological polar surface area (TPSA) is 72.2 Å². The molecule has 0 aliphatic rings. The van der Waals surface area contributed by atoms with Gasteiger partial charge < -0.3 is 5.32 Å². The van der Waals surface area contributed by atoms with E-state index in [-0.39, 0.29) is 17.6 Å². The predicted molar refractivity (Wildman–Crippen MR) is 99.9 cm³/mol. The Bertz CT molecular complexity index is 783. The molecule has 1 amide bonds. The minimum atomic E-state index is -0.444. The summed E-state index contributed by atoms with van der Waals surface area (Å²) < 4.78 is 0. The zero-order chi connectivity index (χ0) is 18.4. The van der Waals surface area contributed by atoms with E-state index in [2.05, 4.69) is 5.32 Å². The lowest BCUT2D eigenvalue weighted by molar-refractivity contribution is -0.384. The molecule has 2 aromatic rings. The highest BCUT2D eigenvalue weighted by molar-refractivity contribution is 6.24. The summed E-state index contributed by atoms with van der Waals surface area (Å²) in [6.07, 6.45) is 1.69.